The lowest BCUT2D eigenvalue weighted by molar-refractivity contribution is 0.415. The Morgan fingerprint density at radius 3 is 2.82 bits per heavy atom. The molecule has 0 bridgehead atoms. The number of rotatable bonds is 4. The molecule has 0 radical (unpaired) electrons. The van der Waals surface area contributed by atoms with Crippen molar-refractivity contribution in [1.82, 2.24) is 9.97 Å². The molecule has 0 fully saturated rings. The number of thiophene rings is 1. The molecule has 0 spiro atoms. The second-order valence-corrected chi connectivity index (χ2v) is 7.92. The van der Waals surface area contributed by atoms with Crippen molar-refractivity contribution in [3.8, 4) is 16.2 Å². The average molecular weight is 389 g/mol. The number of anilines is 1. The van der Waals surface area contributed by atoms with E-state index < -0.39 is 0 Å². The van der Waals surface area contributed by atoms with Gasteiger partial charge < -0.3 is 14.6 Å². The SMILES string of the molecule is COc1ccc(-c2cc3nc(CN4CCc5ccccc54)[nH]c(=O)c3s2)cc1. The Hall–Kier alpha value is -3.12. The first-order valence-electron chi connectivity index (χ1n) is 9.21. The summed E-state index contributed by atoms with van der Waals surface area (Å²) >= 11 is 1.47. The molecule has 0 atom stereocenters. The van der Waals surface area contributed by atoms with E-state index in [-0.39, 0.29) is 5.56 Å². The zero-order chi connectivity index (χ0) is 19.1. The molecule has 2 aromatic carbocycles. The fraction of sp³-hybridized carbons (Fsp3) is 0.182. The minimum absolute atomic E-state index is 0.0720. The van der Waals surface area contributed by atoms with Crippen LogP contribution >= 0.6 is 11.3 Å². The molecule has 3 heterocycles. The zero-order valence-corrected chi connectivity index (χ0v) is 16.3. The first kappa shape index (κ1) is 17.0. The quantitative estimate of drug-likeness (QED) is 0.568. The Kier molecular flexibility index (Phi) is 4.13. The molecule has 0 aliphatic carbocycles. The highest BCUT2D eigenvalue weighted by Gasteiger charge is 2.20. The zero-order valence-electron chi connectivity index (χ0n) is 15.4. The van der Waals surface area contributed by atoms with Crippen molar-refractivity contribution in [2.45, 2.75) is 13.0 Å². The van der Waals surface area contributed by atoms with E-state index >= 15 is 0 Å². The Morgan fingerprint density at radius 1 is 1.18 bits per heavy atom. The number of nitrogens with zero attached hydrogens (tertiary/aromatic N) is 2. The molecule has 140 valence electrons. The van der Waals surface area contributed by atoms with E-state index in [4.69, 9.17) is 9.72 Å². The van der Waals surface area contributed by atoms with Gasteiger partial charge in [-0.25, -0.2) is 4.98 Å². The second-order valence-electron chi connectivity index (χ2n) is 6.87. The number of aromatic nitrogens is 2. The molecule has 0 saturated heterocycles. The first-order valence-corrected chi connectivity index (χ1v) is 10.0. The number of H-pyrrole nitrogens is 1. The Morgan fingerprint density at radius 2 is 2.00 bits per heavy atom. The van der Waals surface area contributed by atoms with Crippen molar-refractivity contribution < 1.29 is 4.74 Å². The molecule has 0 unspecified atom stereocenters. The fourth-order valence-electron chi connectivity index (χ4n) is 3.71. The largest absolute Gasteiger partial charge is 0.497 e. The van der Waals surface area contributed by atoms with Gasteiger partial charge in [-0.1, -0.05) is 18.2 Å². The summed E-state index contributed by atoms with van der Waals surface area (Å²) in [5.41, 5.74) is 4.32. The number of ether oxygens (including phenoxy) is 1. The highest BCUT2D eigenvalue weighted by atomic mass is 32.1. The minimum Gasteiger partial charge on any atom is -0.497 e. The molecule has 6 heteroatoms. The normalized spacial score (nSPS) is 13.1. The number of benzene rings is 2. The van der Waals surface area contributed by atoms with Crippen LogP contribution in [0.15, 0.2) is 59.4 Å². The van der Waals surface area contributed by atoms with Crippen LogP contribution in [0.3, 0.4) is 0 Å². The van der Waals surface area contributed by atoms with Gasteiger partial charge in [0.2, 0.25) is 0 Å². The van der Waals surface area contributed by atoms with Gasteiger partial charge in [-0.3, -0.25) is 4.79 Å². The molecule has 5 rings (SSSR count). The number of aromatic amines is 1. The predicted octanol–water partition coefficient (Wildman–Crippen LogP) is 4.22. The average Bonchev–Trinajstić information content (AvgIpc) is 3.33. The standard InChI is InChI=1S/C22H19N3O2S/c1-27-16-8-6-15(7-9-16)19-12-17-21(28-19)22(26)24-20(23-17)13-25-11-10-14-4-2-3-5-18(14)25/h2-9,12H,10-11,13H2,1H3,(H,23,24,26). The summed E-state index contributed by atoms with van der Waals surface area (Å²) in [6.07, 6.45) is 1.03. The van der Waals surface area contributed by atoms with Crippen LogP contribution < -0.4 is 15.2 Å². The monoisotopic (exact) mass is 389 g/mol. The molecular weight excluding hydrogens is 370 g/mol. The van der Waals surface area contributed by atoms with Gasteiger partial charge in [0, 0.05) is 17.1 Å². The molecule has 0 saturated carbocycles. The minimum atomic E-state index is -0.0720. The van der Waals surface area contributed by atoms with Crippen LogP contribution in [-0.2, 0) is 13.0 Å². The van der Waals surface area contributed by atoms with E-state index in [1.807, 2.05) is 30.3 Å². The van der Waals surface area contributed by atoms with Crippen molar-refractivity contribution >= 4 is 27.2 Å². The summed E-state index contributed by atoms with van der Waals surface area (Å²) in [6.45, 7) is 1.55. The third kappa shape index (κ3) is 2.96. The van der Waals surface area contributed by atoms with Crippen LogP contribution in [0.25, 0.3) is 20.7 Å². The van der Waals surface area contributed by atoms with Crippen LogP contribution in [-0.4, -0.2) is 23.6 Å². The summed E-state index contributed by atoms with van der Waals surface area (Å²) < 4.78 is 5.88. The third-order valence-corrected chi connectivity index (χ3v) is 6.30. The summed E-state index contributed by atoms with van der Waals surface area (Å²) in [7, 11) is 1.65. The molecular formula is C22H19N3O2S. The van der Waals surface area contributed by atoms with E-state index in [9.17, 15) is 4.79 Å². The van der Waals surface area contributed by atoms with Gasteiger partial charge in [0.05, 0.1) is 19.2 Å². The first-order chi connectivity index (χ1) is 13.7. The number of para-hydroxylation sites is 1. The molecule has 5 nitrogen and oxygen atoms in total. The van der Waals surface area contributed by atoms with Crippen molar-refractivity contribution in [1.29, 1.82) is 0 Å². The lowest BCUT2D eigenvalue weighted by Crippen LogP contribution is -2.23. The van der Waals surface area contributed by atoms with E-state index in [0.29, 0.717) is 17.1 Å². The van der Waals surface area contributed by atoms with Gasteiger partial charge in [-0.05, 0) is 53.9 Å². The van der Waals surface area contributed by atoms with Gasteiger partial charge in [0.25, 0.3) is 5.56 Å². The highest BCUT2D eigenvalue weighted by molar-refractivity contribution is 7.22. The van der Waals surface area contributed by atoms with Gasteiger partial charge in [0.15, 0.2) is 0 Å². The maximum atomic E-state index is 12.6. The van der Waals surface area contributed by atoms with Crippen molar-refractivity contribution in [3.05, 3.63) is 76.3 Å². The summed E-state index contributed by atoms with van der Waals surface area (Å²) in [5.74, 6) is 1.52. The molecule has 1 N–H and O–H groups in total. The predicted molar refractivity (Wildman–Crippen MR) is 113 cm³/mol. The van der Waals surface area contributed by atoms with E-state index in [2.05, 4.69) is 34.1 Å². The molecule has 4 aromatic rings. The highest BCUT2D eigenvalue weighted by Crippen LogP contribution is 2.32. The van der Waals surface area contributed by atoms with Crippen LogP contribution in [0.5, 0.6) is 5.75 Å². The Balaban J connectivity index is 1.48. The van der Waals surface area contributed by atoms with E-state index in [1.165, 1.54) is 22.6 Å². The molecule has 28 heavy (non-hydrogen) atoms. The Bertz CT molecular complexity index is 1210. The van der Waals surface area contributed by atoms with Crippen LogP contribution in [0.1, 0.15) is 11.4 Å². The number of nitrogens with one attached hydrogen (secondary N) is 1. The summed E-state index contributed by atoms with van der Waals surface area (Å²) in [4.78, 5) is 23.7. The number of hydrogen-bond acceptors (Lipinski definition) is 5. The summed E-state index contributed by atoms with van der Waals surface area (Å²) in [6, 6.07) is 18.3. The lowest BCUT2D eigenvalue weighted by Gasteiger charge is -2.18. The van der Waals surface area contributed by atoms with Crippen molar-refractivity contribution in [2.24, 2.45) is 0 Å². The maximum Gasteiger partial charge on any atom is 0.268 e. The van der Waals surface area contributed by atoms with E-state index in [0.717, 1.165) is 34.7 Å². The van der Waals surface area contributed by atoms with Gasteiger partial charge in [-0.2, -0.15) is 0 Å². The Labute approximate surface area is 166 Å². The van der Waals surface area contributed by atoms with Crippen molar-refractivity contribution in [2.75, 3.05) is 18.6 Å². The van der Waals surface area contributed by atoms with Crippen LogP contribution in [0, 0.1) is 0 Å². The second kappa shape index (κ2) is 6.80. The number of methoxy groups -OCH3 is 1. The summed E-state index contributed by atoms with van der Waals surface area (Å²) in [5, 5.41) is 0. The smallest absolute Gasteiger partial charge is 0.268 e. The third-order valence-electron chi connectivity index (χ3n) is 5.13. The lowest BCUT2D eigenvalue weighted by atomic mass is 10.2. The fourth-order valence-corrected chi connectivity index (χ4v) is 4.71. The molecule has 1 aliphatic heterocycles. The maximum absolute atomic E-state index is 12.6. The van der Waals surface area contributed by atoms with Gasteiger partial charge in [-0.15, -0.1) is 11.3 Å². The molecule has 2 aromatic heterocycles. The van der Waals surface area contributed by atoms with Gasteiger partial charge >= 0.3 is 0 Å². The van der Waals surface area contributed by atoms with Gasteiger partial charge in [0.1, 0.15) is 16.3 Å². The molecule has 1 aliphatic rings. The van der Waals surface area contributed by atoms with Crippen LogP contribution in [0.4, 0.5) is 5.69 Å². The van der Waals surface area contributed by atoms with Crippen molar-refractivity contribution in [3.63, 3.8) is 0 Å². The molecule has 0 amide bonds. The van der Waals surface area contributed by atoms with E-state index in [1.54, 1.807) is 7.11 Å². The number of fused-ring (bicyclic) bond motifs is 2. The van der Waals surface area contributed by atoms with Crippen LogP contribution in [0.2, 0.25) is 0 Å². The number of hydrogen-bond donors (Lipinski definition) is 1. The topological polar surface area (TPSA) is 58.2 Å².